The van der Waals surface area contributed by atoms with Gasteiger partial charge in [0.15, 0.2) is 0 Å². The molecule has 1 rings (SSSR count). The van der Waals surface area contributed by atoms with Crippen LogP contribution in [0.1, 0.15) is 12.0 Å². The minimum absolute atomic E-state index is 0.0190. The molecule has 0 bridgehead atoms. The fourth-order valence-corrected chi connectivity index (χ4v) is 3.23. The van der Waals surface area contributed by atoms with E-state index in [0.29, 0.717) is 19.4 Å². The van der Waals surface area contributed by atoms with E-state index < -0.39 is 20.0 Å². The Balaban J connectivity index is 2.46. The number of hydrogen-bond donors (Lipinski definition) is 2. The quantitative estimate of drug-likeness (QED) is 0.608. The highest BCUT2D eigenvalue weighted by Gasteiger charge is 2.10. The predicted molar refractivity (Wildman–Crippen MR) is 79.8 cm³/mol. The summed E-state index contributed by atoms with van der Waals surface area (Å²) < 4.78 is 52.7. The van der Waals surface area contributed by atoms with Gasteiger partial charge in [0.2, 0.25) is 20.0 Å². The number of nitrogens with two attached hydrogens (primary N) is 1. The van der Waals surface area contributed by atoms with Crippen LogP contribution in [-0.4, -0.2) is 42.8 Å². The molecule has 0 aliphatic heterocycles. The van der Waals surface area contributed by atoms with Gasteiger partial charge in [0.05, 0.1) is 10.6 Å². The molecule has 0 fully saturated rings. The van der Waals surface area contributed by atoms with Crippen molar-refractivity contribution in [2.45, 2.75) is 17.7 Å². The number of nitrogens with one attached hydrogen (secondary N) is 1. The third-order valence-electron chi connectivity index (χ3n) is 2.75. The first kappa shape index (κ1) is 18.1. The first-order valence-corrected chi connectivity index (χ1v) is 9.52. The van der Waals surface area contributed by atoms with Crippen LogP contribution in [0.15, 0.2) is 29.2 Å². The molecule has 0 saturated heterocycles. The monoisotopic (exact) mass is 336 g/mol. The lowest BCUT2D eigenvalue weighted by molar-refractivity contribution is 0.199. The maximum Gasteiger partial charge on any atom is 0.238 e. The Morgan fingerprint density at radius 2 is 1.76 bits per heavy atom. The Hall–Kier alpha value is -1.00. The van der Waals surface area contributed by atoms with Crippen molar-refractivity contribution < 1.29 is 21.6 Å². The minimum atomic E-state index is -3.70. The molecule has 120 valence electrons. The molecule has 0 aliphatic carbocycles. The molecule has 21 heavy (non-hydrogen) atoms. The Morgan fingerprint density at radius 1 is 1.14 bits per heavy atom. The molecule has 0 unspecified atom stereocenters. The Labute approximate surface area is 125 Å². The van der Waals surface area contributed by atoms with Gasteiger partial charge in [0.1, 0.15) is 0 Å². The highest BCUT2D eigenvalue weighted by molar-refractivity contribution is 7.89. The lowest BCUT2D eigenvalue weighted by Crippen LogP contribution is -2.28. The molecule has 0 saturated carbocycles. The van der Waals surface area contributed by atoms with E-state index in [1.165, 1.54) is 19.2 Å². The summed E-state index contributed by atoms with van der Waals surface area (Å²) in [7, 11) is -5.48. The fraction of sp³-hybridized carbons (Fsp3) is 0.500. The SMILES string of the molecule is COCCCS(=O)(=O)NCCc1ccc(S(N)(=O)=O)cc1. The van der Waals surface area contributed by atoms with Gasteiger partial charge >= 0.3 is 0 Å². The summed E-state index contributed by atoms with van der Waals surface area (Å²) in [6, 6.07) is 6.02. The van der Waals surface area contributed by atoms with Gasteiger partial charge in [-0.25, -0.2) is 26.7 Å². The van der Waals surface area contributed by atoms with Gasteiger partial charge < -0.3 is 4.74 Å². The van der Waals surface area contributed by atoms with E-state index in [1.807, 2.05) is 0 Å². The summed E-state index contributed by atoms with van der Waals surface area (Å²) in [6.07, 6.45) is 0.906. The molecular formula is C12H20N2O5S2. The van der Waals surface area contributed by atoms with Gasteiger partial charge in [-0.2, -0.15) is 0 Å². The summed E-state index contributed by atoms with van der Waals surface area (Å²) >= 11 is 0. The lowest BCUT2D eigenvalue weighted by Gasteiger charge is -2.07. The van der Waals surface area contributed by atoms with Crippen LogP contribution in [0.4, 0.5) is 0 Å². The summed E-state index contributed by atoms with van der Waals surface area (Å²) in [6.45, 7) is 0.653. The fourth-order valence-electron chi connectivity index (χ4n) is 1.66. The van der Waals surface area contributed by atoms with Crippen LogP contribution in [0.5, 0.6) is 0 Å². The molecular weight excluding hydrogens is 316 g/mol. The second-order valence-corrected chi connectivity index (χ2v) is 7.99. The van der Waals surface area contributed by atoms with Crippen molar-refractivity contribution in [3.05, 3.63) is 29.8 Å². The third-order valence-corrected chi connectivity index (χ3v) is 5.15. The van der Waals surface area contributed by atoms with E-state index in [1.54, 1.807) is 12.1 Å². The molecule has 1 aromatic rings. The molecule has 0 spiro atoms. The number of ether oxygens (including phenoxy) is 1. The maximum atomic E-state index is 11.6. The second kappa shape index (κ2) is 7.85. The van der Waals surface area contributed by atoms with Gasteiger partial charge in [0, 0.05) is 20.3 Å². The van der Waals surface area contributed by atoms with Crippen LogP contribution in [0.2, 0.25) is 0 Å². The zero-order chi connectivity index (χ0) is 15.9. The second-order valence-electron chi connectivity index (χ2n) is 4.50. The summed E-state index contributed by atoms with van der Waals surface area (Å²) in [5.74, 6) is 0.0190. The van der Waals surface area contributed by atoms with Crippen LogP contribution >= 0.6 is 0 Å². The largest absolute Gasteiger partial charge is 0.385 e. The normalized spacial score (nSPS) is 12.5. The topological polar surface area (TPSA) is 116 Å². The highest BCUT2D eigenvalue weighted by atomic mass is 32.2. The van der Waals surface area contributed by atoms with Gasteiger partial charge in [-0.3, -0.25) is 0 Å². The number of hydrogen-bond acceptors (Lipinski definition) is 5. The first-order valence-electron chi connectivity index (χ1n) is 6.32. The van der Waals surface area contributed by atoms with E-state index in [9.17, 15) is 16.8 Å². The third kappa shape index (κ3) is 7.00. The van der Waals surface area contributed by atoms with Crippen molar-refractivity contribution in [2.24, 2.45) is 5.14 Å². The van der Waals surface area contributed by atoms with E-state index in [0.717, 1.165) is 5.56 Å². The zero-order valence-electron chi connectivity index (χ0n) is 11.8. The molecule has 1 aromatic carbocycles. The molecule has 9 heteroatoms. The van der Waals surface area contributed by atoms with E-state index in [4.69, 9.17) is 9.88 Å². The van der Waals surface area contributed by atoms with E-state index >= 15 is 0 Å². The zero-order valence-corrected chi connectivity index (χ0v) is 13.4. The smallest absolute Gasteiger partial charge is 0.238 e. The standard InChI is InChI=1S/C12H20N2O5S2/c1-19-9-2-10-20(15,16)14-8-7-11-3-5-12(6-4-11)21(13,17)18/h3-6,14H,2,7-10H2,1H3,(H2,13,17,18). The van der Waals surface area contributed by atoms with Crippen molar-refractivity contribution in [2.75, 3.05) is 26.0 Å². The van der Waals surface area contributed by atoms with Crippen LogP contribution in [0.3, 0.4) is 0 Å². The molecule has 7 nitrogen and oxygen atoms in total. The Morgan fingerprint density at radius 3 is 2.29 bits per heavy atom. The molecule has 0 aliphatic rings. The van der Waals surface area contributed by atoms with Crippen LogP contribution in [-0.2, 0) is 31.2 Å². The van der Waals surface area contributed by atoms with Crippen molar-refractivity contribution in [1.29, 1.82) is 0 Å². The Bertz CT molecular complexity index is 639. The van der Waals surface area contributed by atoms with Crippen LogP contribution < -0.4 is 9.86 Å². The Kier molecular flexibility index (Phi) is 6.75. The summed E-state index contributed by atoms with van der Waals surface area (Å²) in [4.78, 5) is 0.0337. The van der Waals surface area contributed by atoms with Gasteiger partial charge in [0.25, 0.3) is 0 Å². The van der Waals surface area contributed by atoms with Gasteiger partial charge in [-0.15, -0.1) is 0 Å². The van der Waals surface area contributed by atoms with Crippen molar-refractivity contribution in [1.82, 2.24) is 4.72 Å². The predicted octanol–water partition coefficient (Wildman–Crippen LogP) is -0.168. The molecule has 0 aromatic heterocycles. The molecule has 0 amide bonds. The van der Waals surface area contributed by atoms with Crippen LogP contribution in [0, 0.1) is 0 Å². The maximum absolute atomic E-state index is 11.6. The van der Waals surface area contributed by atoms with E-state index in [-0.39, 0.29) is 17.2 Å². The van der Waals surface area contributed by atoms with Crippen LogP contribution in [0.25, 0.3) is 0 Å². The van der Waals surface area contributed by atoms with Gasteiger partial charge in [-0.05, 0) is 30.5 Å². The number of rotatable bonds is 9. The summed E-state index contributed by atoms with van der Waals surface area (Å²) in [5, 5.41) is 4.99. The highest BCUT2D eigenvalue weighted by Crippen LogP contribution is 2.09. The lowest BCUT2D eigenvalue weighted by atomic mass is 10.2. The number of sulfonamides is 2. The number of primary sulfonamides is 1. The molecule has 0 heterocycles. The van der Waals surface area contributed by atoms with Gasteiger partial charge in [-0.1, -0.05) is 12.1 Å². The molecule has 3 N–H and O–H groups in total. The van der Waals surface area contributed by atoms with Crippen molar-refractivity contribution in [3.63, 3.8) is 0 Å². The van der Waals surface area contributed by atoms with E-state index in [2.05, 4.69) is 4.72 Å². The average Bonchev–Trinajstić information content (AvgIpc) is 2.38. The molecule has 0 atom stereocenters. The summed E-state index contributed by atoms with van der Waals surface area (Å²) in [5.41, 5.74) is 0.821. The minimum Gasteiger partial charge on any atom is -0.385 e. The van der Waals surface area contributed by atoms with Crippen molar-refractivity contribution >= 4 is 20.0 Å². The number of methoxy groups -OCH3 is 1. The average molecular weight is 336 g/mol. The number of benzene rings is 1. The van der Waals surface area contributed by atoms with Crippen molar-refractivity contribution in [3.8, 4) is 0 Å². The molecule has 0 radical (unpaired) electrons. The first-order chi connectivity index (χ1) is 9.74.